The lowest BCUT2D eigenvalue weighted by Crippen LogP contribution is -2.70. The van der Waals surface area contributed by atoms with Crippen LogP contribution in [0.25, 0.3) is 0 Å². The van der Waals surface area contributed by atoms with Gasteiger partial charge in [0.05, 0.1) is 6.10 Å². The van der Waals surface area contributed by atoms with E-state index in [1.807, 2.05) is 0 Å². The van der Waals surface area contributed by atoms with Crippen LogP contribution in [0.4, 0.5) is 4.39 Å². The number of Topliss-reactive ketones (excluding diaryl/α,β-unsaturated/α-hetero) is 1. The standard InChI is InChI=1S/C25H34FNO6/c1-13-9-18-17-6-5-15-10-16(29)7-8-22(15,3)24(17,26)19(30)11-23(18,4)25(13,20(31)12-28)33-21(32)14(2)27/h7-8,10,13-14,17-19,28,30H,5-6,9,11-12,27H2,1-4H3/t13-,14+,17+,18+,19+,22+,23+,24+,25+/m1/s1. The van der Waals surface area contributed by atoms with Crippen molar-refractivity contribution < 1.29 is 33.7 Å². The molecule has 0 bridgehead atoms. The molecule has 3 saturated carbocycles. The van der Waals surface area contributed by atoms with Crippen LogP contribution in [-0.4, -0.2) is 57.8 Å². The summed E-state index contributed by atoms with van der Waals surface area (Å²) in [6, 6.07) is -0.983. The van der Waals surface area contributed by atoms with E-state index in [2.05, 4.69) is 0 Å². The predicted molar refractivity (Wildman–Crippen MR) is 117 cm³/mol. The molecule has 4 rings (SSSR count). The molecule has 8 heteroatoms. The Morgan fingerprint density at radius 2 is 2.00 bits per heavy atom. The van der Waals surface area contributed by atoms with Crippen LogP contribution < -0.4 is 5.73 Å². The molecule has 182 valence electrons. The highest BCUT2D eigenvalue weighted by molar-refractivity contribution is 6.01. The molecule has 3 fully saturated rings. The molecule has 0 amide bonds. The highest BCUT2D eigenvalue weighted by Gasteiger charge is 2.77. The molecule has 0 spiro atoms. The molecule has 4 aliphatic rings. The average molecular weight is 464 g/mol. The van der Waals surface area contributed by atoms with Crippen LogP contribution in [0.2, 0.25) is 0 Å². The first-order chi connectivity index (χ1) is 15.3. The van der Waals surface area contributed by atoms with Gasteiger partial charge >= 0.3 is 5.97 Å². The highest BCUT2D eigenvalue weighted by atomic mass is 19.1. The van der Waals surface area contributed by atoms with Gasteiger partial charge in [0.25, 0.3) is 0 Å². The summed E-state index contributed by atoms with van der Waals surface area (Å²) in [6.45, 7) is 5.87. The number of esters is 1. The van der Waals surface area contributed by atoms with Gasteiger partial charge in [0.2, 0.25) is 5.78 Å². The molecule has 0 aromatic rings. The topological polar surface area (TPSA) is 127 Å². The summed E-state index contributed by atoms with van der Waals surface area (Å²) < 4.78 is 23.0. The number of allylic oxidation sites excluding steroid dienone is 4. The smallest absolute Gasteiger partial charge is 0.323 e. The van der Waals surface area contributed by atoms with E-state index in [1.54, 1.807) is 26.8 Å². The van der Waals surface area contributed by atoms with E-state index < -0.39 is 64.4 Å². The van der Waals surface area contributed by atoms with Gasteiger partial charge in [0, 0.05) is 22.7 Å². The van der Waals surface area contributed by atoms with Gasteiger partial charge in [-0.2, -0.15) is 0 Å². The number of fused-ring (bicyclic) bond motifs is 5. The fourth-order valence-corrected chi connectivity index (χ4v) is 7.77. The molecule has 0 aromatic carbocycles. The quantitative estimate of drug-likeness (QED) is 0.543. The molecule has 4 N–H and O–H groups in total. The Labute approximate surface area is 193 Å². The number of ether oxygens (including phenoxy) is 1. The summed E-state index contributed by atoms with van der Waals surface area (Å²) in [5.74, 6) is -3.13. The minimum atomic E-state index is -2.05. The zero-order valence-corrected chi connectivity index (χ0v) is 19.6. The fourth-order valence-electron chi connectivity index (χ4n) is 7.77. The number of carbonyl (C=O) groups is 3. The monoisotopic (exact) mass is 463 g/mol. The normalized spacial score (nSPS) is 47.2. The van der Waals surface area contributed by atoms with Gasteiger partial charge in [0.15, 0.2) is 17.1 Å². The minimum absolute atomic E-state index is 0.127. The molecule has 4 aliphatic carbocycles. The third-order valence-corrected chi connectivity index (χ3v) is 9.37. The highest BCUT2D eigenvalue weighted by Crippen LogP contribution is 2.71. The van der Waals surface area contributed by atoms with Gasteiger partial charge in [-0.1, -0.05) is 25.5 Å². The van der Waals surface area contributed by atoms with E-state index in [1.165, 1.54) is 19.1 Å². The second-order valence-electron chi connectivity index (χ2n) is 10.9. The number of aliphatic hydroxyl groups excluding tert-OH is 2. The molecule has 0 aliphatic heterocycles. The molecule has 0 aromatic heterocycles. The van der Waals surface area contributed by atoms with Gasteiger partial charge in [0.1, 0.15) is 12.6 Å². The fraction of sp³-hybridized carbons (Fsp3) is 0.720. The number of carbonyl (C=O) groups excluding carboxylic acids is 3. The predicted octanol–water partition coefficient (Wildman–Crippen LogP) is 1.79. The van der Waals surface area contributed by atoms with Gasteiger partial charge < -0.3 is 20.7 Å². The van der Waals surface area contributed by atoms with Crippen LogP contribution in [-0.2, 0) is 19.1 Å². The summed E-state index contributed by atoms with van der Waals surface area (Å²) in [5, 5.41) is 21.2. The van der Waals surface area contributed by atoms with Crippen molar-refractivity contribution in [2.45, 2.75) is 76.8 Å². The van der Waals surface area contributed by atoms with Gasteiger partial charge in [-0.05, 0) is 57.6 Å². The van der Waals surface area contributed by atoms with Crippen molar-refractivity contribution in [2.24, 2.45) is 34.3 Å². The van der Waals surface area contributed by atoms with E-state index in [-0.39, 0.29) is 18.1 Å². The van der Waals surface area contributed by atoms with Crippen LogP contribution in [0.1, 0.15) is 53.4 Å². The second kappa shape index (κ2) is 7.55. The first kappa shape index (κ1) is 24.2. The average Bonchev–Trinajstić information content (AvgIpc) is 2.96. The summed E-state index contributed by atoms with van der Waals surface area (Å²) in [7, 11) is 0. The molecule has 33 heavy (non-hydrogen) atoms. The molecular formula is C25H34FNO6. The number of alkyl halides is 1. The molecule has 0 unspecified atom stereocenters. The number of halogens is 1. The Balaban J connectivity index is 1.85. The Bertz CT molecular complexity index is 961. The maximum Gasteiger partial charge on any atom is 0.323 e. The van der Waals surface area contributed by atoms with E-state index in [0.29, 0.717) is 24.8 Å². The van der Waals surface area contributed by atoms with Gasteiger partial charge in [-0.15, -0.1) is 0 Å². The van der Waals surface area contributed by atoms with Crippen molar-refractivity contribution in [1.82, 2.24) is 0 Å². The third-order valence-electron chi connectivity index (χ3n) is 9.37. The van der Waals surface area contributed by atoms with Crippen LogP contribution >= 0.6 is 0 Å². The summed E-state index contributed by atoms with van der Waals surface area (Å²) >= 11 is 0. The van der Waals surface area contributed by atoms with E-state index >= 15 is 4.39 Å². The van der Waals surface area contributed by atoms with Crippen molar-refractivity contribution in [3.8, 4) is 0 Å². The van der Waals surface area contributed by atoms with Gasteiger partial charge in [-0.25, -0.2) is 4.39 Å². The first-order valence-electron chi connectivity index (χ1n) is 11.7. The number of hydrogen-bond acceptors (Lipinski definition) is 7. The van der Waals surface area contributed by atoms with Crippen molar-refractivity contribution in [3.63, 3.8) is 0 Å². The SMILES string of the molecule is C[C@H](N)C(=O)O[C@]1(C(=O)CO)[C@H](C)C[C@H]2[C@@H]3CCC4=CC(=O)C=C[C@]4(C)[C@@]3(F)[C@@H](O)C[C@@]21C. The number of rotatable bonds is 4. The second-order valence-corrected chi connectivity index (χ2v) is 10.9. The maximum absolute atomic E-state index is 17.2. The molecule has 0 radical (unpaired) electrons. The number of aliphatic hydroxyl groups is 2. The van der Waals surface area contributed by atoms with Crippen molar-refractivity contribution in [3.05, 3.63) is 23.8 Å². The lowest BCUT2D eigenvalue weighted by molar-refractivity contribution is -0.228. The zero-order valence-electron chi connectivity index (χ0n) is 19.6. The Morgan fingerprint density at radius 3 is 2.61 bits per heavy atom. The zero-order chi connectivity index (χ0) is 24.6. The Morgan fingerprint density at radius 1 is 1.33 bits per heavy atom. The maximum atomic E-state index is 17.2. The van der Waals surface area contributed by atoms with Crippen molar-refractivity contribution in [2.75, 3.05) is 6.61 Å². The number of hydrogen-bond donors (Lipinski definition) is 3. The Kier molecular flexibility index (Phi) is 5.54. The van der Waals surface area contributed by atoms with Crippen LogP contribution in [0.15, 0.2) is 23.8 Å². The van der Waals surface area contributed by atoms with Crippen LogP contribution in [0.3, 0.4) is 0 Å². The van der Waals surface area contributed by atoms with E-state index in [9.17, 15) is 24.6 Å². The van der Waals surface area contributed by atoms with Crippen molar-refractivity contribution >= 4 is 17.5 Å². The van der Waals surface area contributed by atoms with Crippen LogP contribution in [0.5, 0.6) is 0 Å². The lowest BCUT2D eigenvalue weighted by atomic mass is 9.44. The van der Waals surface area contributed by atoms with E-state index in [0.717, 1.165) is 0 Å². The number of nitrogens with two attached hydrogens (primary N) is 1. The number of ketones is 2. The molecule has 0 saturated heterocycles. The Hall–Kier alpha value is -1.90. The van der Waals surface area contributed by atoms with Crippen molar-refractivity contribution in [1.29, 1.82) is 0 Å². The molecular weight excluding hydrogens is 429 g/mol. The first-order valence-corrected chi connectivity index (χ1v) is 11.7. The van der Waals surface area contributed by atoms with E-state index in [4.69, 9.17) is 10.5 Å². The van der Waals surface area contributed by atoms with Crippen LogP contribution in [0, 0.1) is 28.6 Å². The molecule has 7 nitrogen and oxygen atoms in total. The summed E-state index contributed by atoms with van der Waals surface area (Å²) in [5.41, 5.74) is 0.386. The largest absolute Gasteiger partial charge is 0.449 e. The third kappa shape index (κ3) is 2.86. The molecule has 0 heterocycles. The lowest BCUT2D eigenvalue weighted by Gasteiger charge is -2.62. The summed E-state index contributed by atoms with van der Waals surface area (Å²) in [6.07, 6.45) is 4.09. The molecule has 9 atom stereocenters. The summed E-state index contributed by atoms with van der Waals surface area (Å²) in [4.78, 5) is 37.8. The minimum Gasteiger partial charge on any atom is -0.449 e. The van der Waals surface area contributed by atoms with Gasteiger partial charge in [-0.3, -0.25) is 14.4 Å².